The molecule has 4 unspecified atom stereocenters. The Hall–Kier alpha value is 0.310. The molecule has 4 atom stereocenters. The summed E-state index contributed by atoms with van der Waals surface area (Å²) in [7, 11) is 0. The van der Waals surface area contributed by atoms with Gasteiger partial charge in [-0.3, -0.25) is 0 Å². The van der Waals surface area contributed by atoms with Crippen LogP contribution in [0.15, 0.2) is 0 Å². The van der Waals surface area contributed by atoms with Gasteiger partial charge in [-0.05, 0) is 50.2 Å². The summed E-state index contributed by atoms with van der Waals surface area (Å²) in [6, 6.07) is 0. The van der Waals surface area contributed by atoms with Crippen molar-refractivity contribution in [3.63, 3.8) is 0 Å². The van der Waals surface area contributed by atoms with Crippen LogP contribution in [0.25, 0.3) is 0 Å². The van der Waals surface area contributed by atoms with Crippen LogP contribution < -0.4 is 0 Å². The van der Waals surface area contributed by atoms with E-state index in [4.69, 9.17) is 0 Å². The molecule has 2 aliphatic rings. The van der Waals surface area contributed by atoms with Gasteiger partial charge in [-0.25, -0.2) is 0 Å². The van der Waals surface area contributed by atoms with Gasteiger partial charge < -0.3 is 5.11 Å². The zero-order chi connectivity index (χ0) is 10.9. The van der Waals surface area contributed by atoms with E-state index in [0.29, 0.717) is 5.92 Å². The molecule has 1 heterocycles. The summed E-state index contributed by atoms with van der Waals surface area (Å²) in [5.41, 5.74) is 0. The fourth-order valence-electron chi connectivity index (χ4n) is 3.30. The topological polar surface area (TPSA) is 20.2 Å². The predicted molar refractivity (Wildman–Crippen MR) is 67.2 cm³/mol. The second-order valence-corrected chi connectivity index (χ2v) is 7.37. The first-order valence-electron chi connectivity index (χ1n) is 6.44. The highest BCUT2D eigenvalue weighted by molar-refractivity contribution is 8.00. The minimum absolute atomic E-state index is 0.0623. The Bertz CT molecular complexity index is 211. The van der Waals surface area contributed by atoms with Crippen LogP contribution in [-0.2, 0) is 0 Å². The molecule has 1 N–H and O–H groups in total. The van der Waals surface area contributed by atoms with Crippen molar-refractivity contribution in [2.24, 2.45) is 11.8 Å². The Labute approximate surface area is 98.0 Å². The third-order valence-corrected chi connectivity index (χ3v) is 5.90. The van der Waals surface area contributed by atoms with Gasteiger partial charge in [0, 0.05) is 4.75 Å². The first kappa shape index (κ1) is 11.8. The molecule has 0 spiro atoms. The highest BCUT2D eigenvalue weighted by Crippen LogP contribution is 2.45. The van der Waals surface area contributed by atoms with E-state index in [2.05, 4.69) is 13.8 Å². The van der Waals surface area contributed by atoms with E-state index in [1.54, 1.807) is 0 Å². The standard InChI is InChI=1S/C13H24OS/c1-10-5-3-6-11(9-10)12(14)13(2)7-4-8-15-13/h10-12,14H,3-9H2,1-2H3. The molecule has 0 aromatic heterocycles. The van der Waals surface area contributed by atoms with Crippen LogP contribution >= 0.6 is 11.8 Å². The molecule has 1 saturated heterocycles. The van der Waals surface area contributed by atoms with Crippen LogP contribution in [0.2, 0.25) is 0 Å². The van der Waals surface area contributed by atoms with E-state index in [9.17, 15) is 5.11 Å². The summed E-state index contributed by atoms with van der Waals surface area (Å²) < 4.78 is 0.168. The van der Waals surface area contributed by atoms with Crippen molar-refractivity contribution in [3.8, 4) is 0 Å². The molecule has 0 radical (unpaired) electrons. The van der Waals surface area contributed by atoms with E-state index >= 15 is 0 Å². The predicted octanol–water partition coefficient (Wildman–Crippen LogP) is 3.46. The second-order valence-electron chi connectivity index (χ2n) is 5.74. The molecule has 88 valence electrons. The maximum absolute atomic E-state index is 10.5. The fourth-order valence-corrected chi connectivity index (χ4v) is 4.71. The second kappa shape index (κ2) is 4.67. The van der Waals surface area contributed by atoms with Crippen molar-refractivity contribution < 1.29 is 5.11 Å². The summed E-state index contributed by atoms with van der Waals surface area (Å²) in [4.78, 5) is 0. The average molecular weight is 228 g/mol. The van der Waals surface area contributed by atoms with Gasteiger partial charge in [0.25, 0.3) is 0 Å². The van der Waals surface area contributed by atoms with E-state index in [-0.39, 0.29) is 10.9 Å². The molecule has 2 heteroatoms. The first-order chi connectivity index (χ1) is 7.12. The Morgan fingerprint density at radius 3 is 2.73 bits per heavy atom. The summed E-state index contributed by atoms with van der Waals surface area (Å²) in [6.07, 6.45) is 7.63. The van der Waals surface area contributed by atoms with Crippen molar-refractivity contribution in [3.05, 3.63) is 0 Å². The van der Waals surface area contributed by atoms with Crippen molar-refractivity contribution in [2.75, 3.05) is 5.75 Å². The molecule has 1 nitrogen and oxygen atoms in total. The largest absolute Gasteiger partial charge is 0.391 e. The molecule has 0 aromatic carbocycles. The SMILES string of the molecule is CC1CCCC(C(O)C2(C)CCCS2)C1. The minimum Gasteiger partial charge on any atom is -0.391 e. The summed E-state index contributed by atoms with van der Waals surface area (Å²) >= 11 is 2.00. The van der Waals surface area contributed by atoms with Crippen LogP contribution in [0, 0.1) is 11.8 Å². The Morgan fingerprint density at radius 1 is 1.33 bits per heavy atom. The van der Waals surface area contributed by atoms with Crippen molar-refractivity contribution in [2.45, 2.75) is 63.2 Å². The van der Waals surface area contributed by atoms with Gasteiger partial charge in [0.05, 0.1) is 6.10 Å². The van der Waals surface area contributed by atoms with Crippen LogP contribution in [0.3, 0.4) is 0 Å². The first-order valence-corrected chi connectivity index (χ1v) is 7.42. The summed E-state index contributed by atoms with van der Waals surface area (Å²) in [6.45, 7) is 4.61. The number of aliphatic hydroxyl groups excluding tert-OH is 1. The number of hydrogen-bond donors (Lipinski definition) is 1. The molecule has 0 bridgehead atoms. The lowest BCUT2D eigenvalue weighted by molar-refractivity contribution is 0.0431. The van der Waals surface area contributed by atoms with Crippen LogP contribution in [-0.4, -0.2) is 21.7 Å². The van der Waals surface area contributed by atoms with E-state index in [1.807, 2.05) is 11.8 Å². The smallest absolute Gasteiger partial charge is 0.0712 e. The van der Waals surface area contributed by atoms with Gasteiger partial charge in [-0.15, -0.1) is 0 Å². The summed E-state index contributed by atoms with van der Waals surface area (Å²) in [5.74, 6) is 2.65. The molecule has 2 fully saturated rings. The lowest BCUT2D eigenvalue weighted by Gasteiger charge is -2.38. The third-order valence-electron chi connectivity index (χ3n) is 4.30. The Morgan fingerprint density at radius 2 is 2.13 bits per heavy atom. The molecule has 2 rings (SSSR count). The monoisotopic (exact) mass is 228 g/mol. The zero-order valence-corrected chi connectivity index (χ0v) is 10.9. The molecule has 0 aromatic rings. The molecule has 1 saturated carbocycles. The molecular formula is C13H24OS. The lowest BCUT2D eigenvalue weighted by Crippen LogP contribution is -2.41. The highest BCUT2D eigenvalue weighted by Gasteiger charge is 2.41. The summed E-state index contributed by atoms with van der Waals surface area (Å²) in [5, 5.41) is 10.5. The maximum atomic E-state index is 10.5. The molecule has 15 heavy (non-hydrogen) atoms. The van der Waals surface area contributed by atoms with Gasteiger partial charge in [0.15, 0.2) is 0 Å². The van der Waals surface area contributed by atoms with Crippen molar-refractivity contribution >= 4 is 11.8 Å². The van der Waals surface area contributed by atoms with Crippen LogP contribution in [0.1, 0.15) is 52.4 Å². The van der Waals surface area contributed by atoms with E-state index in [0.717, 1.165) is 5.92 Å². The number of hydrogen-bond acceptors (Lipinski definition) is 2. The van der Waals surface area contributed by atoms with Gasteiger partial charge in [0.2, 0.25) is 0 Å². The number of rotatable bonds is 2. The van der Waals surface area contributed by atoms with Crippen LogP contribution in [0.4, 0.5) is 0 Å². The van der Waals surface area contributed by atoms with Crippen molar-refractivity contribution in [1.29, 1.82) is 0 Å². The Kier molecular flexibility index (Phi) is 3.67. The number of thioether (sulfide) groups is 1. The van der Waals surface area contributed by atoms with Crippen molar-refractivity contribution in [1.82, 2.24) is 0 Å². The zero-order valence-electron chi connectivity index (χ0n) is 10.0. The van der Waals surface area contributed by atoms with Gasteiger partial charge >= 0.3 is 0 Å². The average Bonchev–Trinajstić information content (AvgIpc) is 2.65. The molecular weight excluding hydrogens is 204 g/mol. The Balaban J connectivity index is 1.96. The quantitative estimate of drug-likeness (QED) is 0.781. The maximum Gasteiger partial charge on any atom is 0.0712 e. The number of aliphatic hydroxyl groups is 1. The minimum atomic E-state index is -0.0623. The van der Waals surface area contributed by atoms with E-state index < -0.39 is 0 Å². The highest BCUT2D eigenvalue weighted by atomic mass is 32.2. The third kappa shape index (κ3) is 2.52. The van der Waals surface area contributed by atoms with Crippen LogP contribution in [0.5, 0.6) is 0 Å². The van der Waals surface area contributed by atoms with Gasteiger partial charge in [0.1, 0.15) is 0 Å². The lowest BCUT2D eigenvalue weighted by atomic mass is 9.75. The van der Waals surface area contributed by atoms with Gasteiger partial charge in [-0.2, -0.15) is 11.8 Å². The molecule has 1 aliphatic carbocycles. The fraction of sp³-hybridized carbons (Fsp3) is 1.00. The van der Waals surface area contributed by atoms with E-state index in [1.165, 1.54) is 44.3 Å². The van der Waals surface area contributed by atoms with Gasteiger partial charge in [-0.1, -0.05) is 19.8 Å². The molecule has 0 amide bonds. The molecule has 1 aliphatic heterocycles. The normalized spacial score (nSPS) is 44.2.